The van der Waals surface area contributed by atoms with Gasteiger partial charge in [0.2, 0.25) is 13.4 Å². The normalized spacial score (nSPS) is 15.7. The molecular weight excluding hydrogens is 546 g/mol. The Labute approximate surface area is 250 Å². The smallest absolute Gasteiger partial charge is 0.0912 e. The Kier molecular flexibility index (Phi) is 4.61. The molecule has 0 radical (unpaired) electrons. The first-order chi connectivity index (χ1) is 20.4. The number of benzene rings is 6. The largest absolute Gasteiger partial charge is 0.243 e. The first-order valence-electron chi connectivity index (χ1n) is 14.3. The van der Waals surface area contributed by atoms with E-state index in [2.05, 4.69) is 133 Å². The minimum Gasteiger partial charge on any atom is -0.0912 e. The van der Waals surface area contributed by atoms with Crippen LogP contribution in [0, 0.1) is 0 Å². The fraction of sp³-hybridized carbons (Fsp3) is 0. The molecule has 0 fully saturated rings. The molecule has 0 nitrogen and oxygen atoms in total. The fourth-order valence-corrected chi connectivity index (χ4v) is 16.7. The molecule has 0 amide bonds. The van der Waals surface area contributed by atoms with E-state index in [1.807, 2.05) is 23.5 Å². The topological polar surface area (TPSA) is 0 Å². The van der Waals surface area contributed by atoms with Gasteiger partial charge >= 0.3 is 0 Å². The molecule has 0 unspecified atom stereocenters. The van der Waals surface area contributed by atoms with Crippen molar-refractivity contribution < 1.29 is 0 Å². The summed E-state index contributed by atoms with van der Waals surface area (Å²) in [4.78, 5) is 5.64. The van der Waals surface area contributed by atoms with Gasteiger partial charge in [0.05, 0.1) is 0 Å². The Bertz CT molecular complexity index is 1950. The van der Waals surface area contributed by atoms with Crippen LogP contribution in [0.15, 0.2) is 153 Å². The van der Waals surface area contributed by atoms with E-state index in [1.165, 1.54) is 41.4 Å². The van der Waals surface area contributed by atoms with Crippen molar-refractivity contribution in [3.8, 4) is 0 Å². The van der Waals surface area contributed by atoms with Crippen molar-refractivity contribution in [2.45, 2.75) is 19.6 Å². The van der Waals surface area contributed by atoms with Crippen LogP contribution in [-0.4, -0.2) is 21.5 Å². The molecule has 0 aliphatic carbocycles. The first-order valence-corrected chi connectivity index (χ1v) is 18.0. The maximum absolute atomic E-state index is 2.63. The molecule has 6 aromatic carbocycles. The molecule has 0 atom stereocenters. The molecule has 0 aromatic heterocycles. The number of hydrogen-bond acceptors (Lipinski definition) is 2. The van der Waals surface area contributed by atoms with Gasteiger partial charge in [0, 0.05) is 19.6 Å². The predicted molar refractivity (Wildman–Crippen MR) is 180 cm³/mol. The monoisotopic (exact) mass is 568 g/mol. The average molecular weight is 568 g/mol. The van der Waals surface area contributed by atoms with Gasteiger partial charge in [-0.05, 0) is 45.0 Å². The third-order valence-electron chi connectivity index (χ3n) is 9.77. The lowest BCUT2D eigenvalue weighted by Gasteiger charge is -2.49. The van der Waals surface area contributed by atoms with Gasteiger partial charge in [-0.2, -0.15) is 0 Å². The third kappa shape index (κ3) is 2.78. The molecule has 4 aliphatic heterocycles. The van der Waals surface area contributed by atoms with E-state index in [-0.39, 0.29) is 13.4 Å². The molecule has 1 spiro atoms. The third-order valence-corrected chi connectivity index (χ3v) is 17.1. The summed E-state index contributed by atoms with van der Waals surface area (Å²) < 4.78 is 0. The molecule has 0 saturated carbocycles. The van der Waals surface area contributed by atoms with Gasteiger partial charge in [0.25, 0.3) is 0 Å². The van der Waals surface area contributed by atoms with Gasteiger partial charge in [0.1, 0.15) is 0 Å². The minimum atomic E-state index is -2.63. The van der Waals surface area contributed by atoms with Gasteiger partial charge in [-0.3, -0.25) is 0 Å². The van der Waals surface area contributed by atoms with E-state index in [9.17, 15) is 0 Å². The Morgan fingerprint density at radius 1 is 0.341 bits per heavy atom. The molecule has 0 bridgehead atoms. The van der Waals surface area contributed by atoms with Crippen LogP contribution in [0.1, 0.15) is 0 Å². The van der Waals surface area contributed by atoms with Crippen molar-refractivity contribution in [1.82, 2.24) is 0 Å². The van der Waals surface area contributed by atoms with Crippen LogP contribution in [0.5, 0.6) is 0 Å². The van der Waals surface area contributed by atoms with Crippen molar-refractivity contribution >= 4 is 98.5 Å². The standard InChI is InChI=1S/C36H22B2S2Si/c1-5-15-27-23(11-1)37-25-13-3-7-19-31(25)41(33-21-9-17-29(39-27)35(33)37)32-20-8-4-14-26(32)38-24-12-2-6-16-28(24)40-30-18-10-22-34(41)36(30)38/h1-22H. The van der Waals surface area contributed by atoms with Gasteiger partial charge in [-0.25, -0.2) is 0 Å². The van der Waals surface area contributed by atoms with Crippen LogP contribution < -0.4 is 53.5 Å². The van der Waals surface area contributed by atoms with Crippen molar-refractivity contribution in [3.63, 3.8) is 0 Å². The van der Waals surface area contributed by atoms with E-state index < -0.39 is 8.07 Å². The summed E-state index contributed by atoms with van der Waals surface area (Å²) in [6.07, 6.45) is 0. The summed E-state index contributed by atoms with van der Waals surface area (Å²) >= 11 is 3.92. The highest BCUT2D eigenvalue weighted by Crippen LogP contribution is 2.33. The van der Waals surface area contributed by atoms with Crippen LogP contribution in [0.4, 0.5) is 0 Å². The summed E-state index contributed by atoms with van der Waals surface area (Å²) in [5.74, 6) is 0. The summed E-state index contributed by atoms with van der Waals surface area (Å²) in [6, 6.07) is 51.6. The van der Waals surface area contributed by atoms with E-state index in [0.717, 1.165) is 0 Å². The molecule has 41 heavy (non-hydrogen) atoms. The van der Waals surface area contributed by atoms with E-state index in [1.54, 1.807) is 31.7 Å². The van der Waals surface area contributed by atoms with E-state index in [4.69, 9.17) is 0 Å². The zero-order valence-corrected chi connectivity index (χ0v) is 24.8. The molecule has 4 heterocycles. The summed E-state index contributed by atoms with van der Waals surface area (Å²) in [5.41, 5.74) is 9.02. The number of fused-ring (bicyclic) bond motifs is 12. The van der Waals surface area contributed by atoms with E-state index in [0.29, 0.717) is 0 Å². The first kappa shape index (κ1) is 23.0. The number of hydrogen-bond donors (Lipinski definition) is 0. The Hall–Kier alpha value is -3.63. The lowest BCUT2D eigenvalue weighted by atomic mass is 9.36. The second-order valence-electron chi connectivity index (χ2n) is 11.5. The SMILES string of the molecule is c1ccc2c(c1)Sc1cccc3c1B2c1ccccc1[Si]31c2ccccc2B2c3ccccc3Sc3cccc1c32. The van der Waals surface area contributed by atoms with Crippen LogP contribution in [0.3, 0.4) is 0 Å². The average Bonchev–Trinajstić information content (AvgIpc) is 3.03. The number of rotatable bonds is 0. The summed E-state index contributed by atoms with van der Waals surface area (Å²) in [7, 11) is -2.63. The molecule has 10 rings (SSSR count). The zero-order chi connectivity index (χ0) is 26.7. The molecular formula is C36H22B2S2Si. The highest BCUT2D eigenvalue weighted by molar-refractivity contribution is 8.00. The van der Waals surface area contributed by atoms with Gasteiger partial charge in [-0.1, -0.05) is 165 Å². The molecule has 188 valence electrons. The zero-order valence-electron chi connectivity index (χ0n) is 22.2. The fourth-order valence-electron chi connectivity index (χ4n) is 8.38. The van der Waals surface area contributed by atoms with Gasteiger partial charge in [0.15, 0.2) is 8.07 Å². The maximum Gasteiger partial charge on any atom is 0.243 e. The quantitative estimate of drug-likeness (QED) is 0.256. The lowest BCUT2D eigenvalue weighted by Crippen LogP contribution is -2.93. The Morgan fingerprint density at radius 3 is 1.20 bits per heavy atom. The predicted octanol–water partition coefficient (Wildman–Crippen LogP) is 1.65. The maximum atomic E-state index is 2.50. The van der Waals surface area contributed by atoms with Crippen LogP contribution in [0.2, 0.25) is 0 Å². The Morgan fingerprint density at radius 2 is 0.707 bits per heavy atom. The second kappa shape index (κ2) is 8.23. The van der Waals surface area contributed by atoms with E-state index >= 15 is 0 Å². The lowest BCUT2D eigenvalue weighted by molar-refractivity contribution is 1.43. The molecule has 0 saturated heterocycles. The molecule has 6 aromatic rings. The van der Waals surface area contributed by atoms with Crippen LogP contribution in [-0.2, 0) is 0 Å². The minimum absolute atomic E-state index is 0.271. The highest BCUT2D eigenvalue weighted by atomic mass is 32.2. The second-order valence-corrected chi connectivity index (χ2v) is 17.3. The van der Waals surface area contributed by atoms with Crippen molar-refractivity contribution in [2.24, 2.45) is 0 Å². The Balaban J connectivity index is 1.40. The summed E-state index contributed by atoms with van der Waals surface area (Å²) in [5, 5.41) is 6.31. The van der Waals surface area contributed by atoms with Crippen molar-refractivity contribution in [1.29, 1.82) is 0 Å². The van der Waals surface area contributed by atoms with Crippen molar-refractivity contribution in [3.05, 3.63) is 133 Å². The van der Waals surface area contributed by atoms with Crippen LogP contribution in [0.25, 0.3) is 0 Å². The highest BCUT2D eigenvalue weighted by Gasteiger charge is 2.57. The molecule has 5 heteroatoms. The van der Waals surface area contributed by atoms with Crippen molar-refractivity contribution in [2.75, 3.05) is 0 Å². The van der Waals surface area contributed by atoms with Gasteiger partial charge in [-0.15, -0.1) is 0 Å². The summed E-state index contributed by atoms with van der Waals surface area (Å²) in [6.45, 7) is 0.542. The van der Waals surface area contributed by atoms with Gasteiger partial charge < -0.3 is 0 Å². The van der Waals surface area contributed by atoms with Crippen LogP contribution >= 0.6 is 23.5 Å². The molecule has 4 aliphatic rings. The molecule has 0 N–H and O–H groups in total.